The number of rotatable bonds is 5. The van der Waals surface area contributed by atoms with Gasteiger partial charge in [-0.25, -0.2) is 4.98 Å². The molecule has 1 fully saturated rings. The number of aromatic nitrogens is 1. The van der Waals surface area contributed by atoms with Crippen molar-refractivity contribution in [3.63, 3.8) is 0 Å². The lowest BCUT2D eigenvalue weighted by atomic mass is 10.3. The van der Waals surface area contributed by atoms with E-state index in [1.165, 1.54) is 0 Å². The van der Waals surface area contributed by atoms with E-state index < -0.39 is 10.8 Å². The first-order chi connectivity index (χ1) is 11.2. The molecule has 23 heavy (non-hydrogen) atoms. The molecular formula is C17H20ClN3OS. The first-order valence-corrected chi connectivity index (χ1v) is 9.45. The van der Waals surface area contributed by atoms with Crippen LogP contribution in [0.15, 0.2) is 53.4 Å². The van der Waals surface area contributed by atoms with Crippen LogP contribution in [-0.2, 0) is 10.8 Å². The number of benzene rings is 1. The van der Waals surface area contributed by atoms with Crippen molar-refractivity contribution in [3.05, 3.63) is 53.7 Å². The number of anilines is 1. The van der Waals surface area contributed by atoms with Crippen molar-refractivity contribution >= 4 is 28.2 Å². The average Bonchev–Trinajstić information content (AvgIpc) is 2.61. The summed E-state index contributed by atoms with van der Waals surface area (Å²) in [6, 6.07) is 15.4. The normalized spacial score (nSPS) is 17.2. The minimum atomic E-state index is -0.918. The lowest BCUT2D eigenvalue weighted by Crippen LogP contribution is -2.47. The third-order valence-electron chi connectivity index (χ3n) is 4.00. The van der Waals surface area contributed by atoms with E-state index in [2.05, 4.69) is 14.8 Å². The van der Waals surface area contributed by atoms with E-state index in [9.17, 15) is 4.21 Å². The molecule has 1 aliphatic heterocycles. The second-order valence-corrected chi connectivity index (χ2v) is 7.47. The molecule has 1 unspecified atom stereocenters. The zero-order valence-corrected chi connectivity index (χ0v) is 14.5. The molecule has 0 radical (unpaired) electrons. The van der Waals surface area contributed by atoms with Crippen molar-refractivity contribution in [2.45, 2.75) is 4.90 Å². The summed E-state index contributed by atoms with van der Waals surface area (Å²) >= 11 is 5.95. The van der Waals surface area contributed by atoms with Crippen LogP contribution in [0.25, 0.3) is 0 Å². The van der Waals surface area contributed by atoms with Crippen LogP contribution in [-0.4, -0.2) is 52.6 Å². The molecule has 2 aromatic rings. The predicted octanol–water partition coefficient (Wildman–Crippen LogP) is 2.66. The topological polar surface area (TPSA) is 36.4 Å². The van der Waals surface area contributed by atoms with Gasteiger partial charge in [0.25, 0.3) is 0 Å². The average molecular weight is 350 g/mol. The molecule has 122 valence electrons. The fourth-order valence-corrected chi connectivity index (χ4v) is 3.96. The summed E-state index contributed by atoms with van der Waals surface area (Å²) in [6.07, 6.45) is 0. The monoisotopic (exact) mass is 349 g/mol. The van der Waals surface area contributed by atoms with Gasteiger partial charge in [-0.1, -0.05) is 35.9 Å². The zero-order chi connectivity index (χ0) is 16.1. The Morgan fingerprint density at radius 3 is 2.43 bits per heavy atom. The summed E-state index contributed by atoms with van der Waals surface area (Å²) < 4.78 is 12.3. The number of nitrogens with zero attached hydrogens (tertiary/aromatic N) is 3. The maximum atomic E-state index is 12.3. The molecule has 0 spiro atoms. The highest BCUT2D eigenvalue weighted by molar-refractivity contribution is 7.85. The van der Waals surface area contributed by atoms with Crippen molar-refractivity contribution < 1.29 is 4.21 Å². The molecule has 3 rings (SSSR count). The minimum absolute atomic E-state index is 0.531. The molecular weight excluding hydrogens is 330 g/mol. The Morgan fingerprint density at radius 1 is 1.00 bits per heavy atom. The van der Waals surface area contributed by atoms with Crippen LogP contribution in [0.1, 0.15) is 0 Å². The maximum absolute atomic E-state index is 12.3. The van der Waals surface area contributed by atoms with E-state index in [1.807, 2.05) is 42.5 Å². The smallest absolute Gasteiger partial charge is 0.131 e. The number of halogens is 1. The van der Waals surface area contributed by atoms with Crippen molar-refractivity contribution in [2.75, 3.05) is 43.4 Å². The minimum Gasteiger partial charge on any atom is -0.354 e. The van der Waals surface area contributed by atoms with Gasteiger partial charge < -0.3 is 4.90 Å². The second kappa shape index (κ2) is 7.90. The van der Waals surface area contributed by atoms with Crippen LogP contribution < -0.4 is 4.90 Å². The Balaban J connectivity index is 1.47. The summed E-state index contributed by atoms with van der Waals surface area (Å²) in [5.74, 6) is 1.62. The standard InChI is InChI=1S/C17H20ClN3OS/c18-16-7-4-8-17(19-16)21-11-9-20(10-12-21)13-14-23(22)15-5-2-1-3-6-15/h1-8H,9-14H2. The summed E-state index contributed by atoms with van der Waals surface area (Å²) in [6.45, 7) is 4.62. The van der Waals surface area contributed by atoms with Gasteiger partial charge in [-0.15, -0.1) is 0 Å². The van der Waals surface area contributed by atoms with Crippen LogP contribution in [0.3, 0.4) is 0 Å². The Bertz CT molecular complexity index is 660. The van der Waals surface area contributed by atoms with Gasteiger partial charge in [0.1, 0.15) is 11.0 Å². The Labute approximate surface area is 144 Å². The first-order valence-electron chi connectivity index (χ1n) is 7.76. The molecule has 1 saturated heterocycles. The van der Waals surface area contributed by atoms with E-state index in [-0.39, 0.29) is 0 Å². The van der Waals surface area contributed by atoms with Crippen molar-refractivity contribution in [3.8, 4) is 0 Å². The zero-order valence-electron chi connectivity index (χ0n) is 12.9. The SMILES string of the molecule is O=S(CCN1CCN(c2cccc(Cl)n2)CC1)c1ccccc1. The summed E-state index contributed by atoms with van der Waals surface area (Å²) in [5, 5.41) is 0.531. The largest absolute Gasteiger partial charge is 0.354 e. The van der Waals surface area contributed by atoms with Gasteiger partial charge in [0.05, 0.1) is 10.8 Å². The highest BCUT2D eigenvalue weighted by Gasteiger charge is 2.18. The fourth-order valence-electron chi connectivity index (χ4n) is 2.68. The van der Waals surface area contributed by atoms with E-state index in [0.717, 1.165) is 43.4 Å². The third-order valence-corrected chi connectivity index (χ3v) is 5.56. The number of piperazine rings is 1. The van der Waals surface area contributed by atoms with E-state index >= 15 is 0 Å². The van der Waals surface area contributed by atoms with Crippen LogP contribution in [0, 0.1) is 0 Å². The van der Waals surface area contributed by atoms with Gasteiger partial charge in [0.2, 0.25) is 0 Å². The van der Waals surface area contributed by atoms with E-state index in [4.69, 9.17) is 11.6 Å². The molecule has 1 atom stereocenters. The van der Waals surface area contributed by atoms with Crippen molar-refractivity contribution in [1.29, 1.82) is 0 Å². The summed E-state index contributed by atoms with van der Waals surface area (Å²) in [7, 11) is -0.918. The molecule has 1 aliphatic rings. The van der Waals surface area contributed by atoms with Gasteiger partial charge >= 0.3 is 0 Å². The molecule has 1 aromatic carbocycles. The number of hydrogen-bond donors (Lipinski definition) is 0. The Morgan fingerprint density at radius 2 is 1.74 bits per heavy atom. The highest BCUT2D eigenvalue weighted by Crippen LogP contribution is 2.16. The highest BCUT2D eigenvalue weighted by atomic mass is 35.5. The quantitative estimate of drug-likeness (QED) is 0.778. The molecule has 0 aliphatic carbocycles. The molecule has 6 heteroatoms. The molecule has 0 bridgehead atoms. The van der Waals surface area contributed by atoms with Crippen LogP contribution in [0.2, 0.25) is 5.15 Å². The lowest BCUT2D eigenvalue weighted by Gasteiger charge is -2.35. The summed E-state index contributed by atoms with van der Waals surface area (Å²) in [5.41, 5.74) is 0. The maximum Gasteiger partial charge on any atom is 0.131 e. The Hall–Kier alpha value is -1.43. The predicted molar refractivity (Wildman–Crippen MR) is 95.6 cm³/mol. The molecule has 0 N–H and O–H groups in total. The third kappa shape index (κ3) is 4.53. The molecule has 2 heterocycles. The second-order valence-electron chi connectivity index (χ2n) is 5.51. The number of hydrogen-bond acceptors (Lipinski definition) is 4. The molecule has 0 saturated carbocycles. The first kappa shape index (κ1) is 16.4. The van der Waals surface area contributed by atoms with E-state index in [0.29, 0.717) is 10.9 Å². The van der Waals surface area contributed by atoms with Crippen molar-refractivity contribution in [2.24, 2.45) is 0 Å². The van der Waals surface area contributed by atoms with Crippen LogP contribution in [0.4, 0.5) is 5.82 Å². The van der Waals surface area contributed by atoms with E-state index in [1.54, 1.807) is 6.07 Å². The molecule has 0 amide bonds. The van der Waals surface area contributed by atoms with Gasteiger partial charge in [0, 0.05) is 43.4 Å². The van der Waals surface area contributed by atoms with Crippen LogP contribution >= 0.6 is 11.6 Å². The lowest BCUT2D eigenvalue weighted by molar-refractivity contribution is 0.272. The van der Waals surface area contributed by atoms with Gasteiger partial charge in [-0.3, -0.25) is 9.11 Å². The van der Waals surface area contributed by atoms with Gasteiger partial charge in [-0.2, -0.15) is 0 Å². The molecule has 1 aromatic heterocycles. The molecule has 4 nitrogen and oxygen atoms in total. The fraction of sp³-hybridized carbons (Fsp3) is 0.353. The number of pyridine rings is 1. The van der Waals surface area contributed by atoms with Gasteiger partial charge in [0.15, 0.2) is 0 Å². The van der Waals surface area contributed by atoms with Gasteiger partial charge in [-0.05, 0) is 24.3 Å². The van der Waals surface area contributed by atoms with Crippen LogP contribution in [0.5, 0.6) is 0 Å². The Kier molecular flexibility index (Phi) is 5.65. The van der Waals surface area contributed by atoms with Crippen molar-refractivity contribution in [1.82, 2.24) is 9.88 Å². The summed E-state index contributed by atoms with van der Waals surface area (Å²) in [4.78, 5) is 9.88.